The molecule has 1 aliphatic heterocycles. The number of para-hydroxylation sites is 2. The predicted octanol–water partition coefficient (Wildman–Crippen LogP) is 3.77. The van der Waals surface area contributed by atoms with Crippen LogP contribution >= 0.6 is 0 Å². The Bertz CT molecular complexity index is 985. The Morgan fingerprint density at radius 1 is 0.966 bits per heavy atom. The summed E-state index contributed by atoms with van der Waals surface area (Å²) in [5.41, 5.74) is 3.57. The van der Waals surface area contributed by atoms with Gasteiger partial charge in [0.1, 0.15) is 0 Å². The Morgan fingerprint density at radius 2 is 1.69 bits per heavy atom. The van der Waals surface area contributed by atoms with Crippen LogP contribution in [0.4, 0.5) is 5.95 Å². The van der Waals surface area contributed by atoms with Crippen LogP contribution in [0.25, 0.3) is 11.0 Å². The number of benzene rings is 2. The number of fused-ring (bicyclic) bond motifs is 1. The van der Waals surface area contributed by atoms with Gasteiger partial charge in [0.05, 0.1) is 11.0 Å². The summed E-state index contributed by atoms with van der Waals surface area (Å²) in [4.78, 5) is 19.7. The summed E-state index contributed by atoms with van der Waals surface area (Å²) in [6, 6.07) is 19.5. The number of hydrogen-bond acceptors (Lipinski definition) is 3. The van der Waals surface area contributed by atoms with Crippen LogP contribution in [0.15, 0.2) is 54.6 Å². The molecule has 1 aliphatic carbocycles. The molecule has 1 saturated carbocycles. The molecule has 0 spiro atoms. The zero-order valence-corrected chi connectivity index (χ0v) is 16.8. The molecule has 1 aromatic heterocycles. The van der Waals surface area contributed by atoms with Crippen molar-refractivity contribution in [3.63, 3.8) is 0 Å². The van der Waals surface area contributed by atoms with Crippen LogP contribution in [-0.4, -0.2) is 34.6 Å². The Labute approximate surface area is 171 Å². The van der Waals surface area contributed by atoms with Crippen LogP contribution < -0.4 is 10.2 Å². The molecule has 29 heavy (non-hydrogen) atoms. The minimum atomic E-state index is 0.147. The standard InChI is InChI=1S/C24H28N4O/c29-23(25-20-10-11-20)19-13-15-27(16-14-19)24-26-21-8-4-5-9-22(21)28(24)17-12-18-6-2-1-3-7-18/h1-9,19-20H,10-17H2,(H,25,29). The van der Waals surface area contributed by atoms with Gasteiger partial charge in [0.15, 0.2) is 0 Å². The molecule has 0 atom stereocenters. The molecule has 5 rings (SSSR count). The monoisotopic (exact) mass is 388 g/mol. The van der Waals surface area contributed by atoms with Crippen LogP contribution in [0, 0.1) is 5.92 Å². The second kappa shape index (κ2) is 7.90. The zero-order valence-electron chi connectivity index (χ0n) is 16.8. The summed E-state index contributed by atoms with van der Waals surface area (Å²) in [5, 5.41) is 3.17. The highest BCUT2D eigenvalue weighted by atomic mass is 16.2. The Kier molecular flexibility index (Phi) is 4.96. The third kappa shape index (κ3) is 4.00. The van der Waals surface area contributed by atoms with E-state index in [2.05, 4.69) is 69.4 Å². The van der Waals surface area contributed by atoms with Gasteiger partial charge in [-0.05, 0) is 49.8 Å². The number of aromatic nitrogens is 2. The maximum atomic E-state index is 12.4. The summed E-state index contributed by atoms with van der Waals surface area (Å²) >= 11 is 0. The number of anilines is 1. The smallest absolute Gasteiger partial charge is 0.223 e. The summed E-state index contributed by atoms with van der Waals surface area (Å²) in [6.07, 6.45) is 5.08. The van der Waals surface area contributed by atoms with Gasteiger partial charge >= 0.3 is 0 Å². The number of carbonyl (C=O) groups is 1. The Morgan fingerprint density at radius 3 is 2.45 bits per heavy atom. The fourth-order valence-corrected chi connectivity index (χ4v) is 4.30. The van der Waals surface area contributed by atoms with Crippen molar-refractivity contribution in [2.75, 3.05) is 18.0 Å². The highest BCUT2D eigenvalue weighted by Gasteiger charge is 2.31. The third-order valence-electron chi connectivity index (χ3n) is 6.17. The van der Waals surface area contributed by atoms with E-state index in [-0.39, 0.29) is 11.8 Å². The number of aryl methyl sites for hydroxylation is 2. The van der Waals surface area contributed by atoms with Crippen LogP contribution in [0.1, 0.15) is 31.2 Å². The van der Waals surface area contributed by atoms with E-state index in [4.69, 9.17) is 4.98 Å². The largest absolute Gasteiger partial charge is 0.353 e. The topological polar surface area (TPSA) is 50.2 Å². The molecule has 1 amide bonds. The molecular weight excluding hydrogens is 360 g/mol. The van der Waals surface area contributed by atoms with E-state index in [1.54, 1.807) is 0 Å². The highest BCUT2D eigenvalue weighted by molar-refractivity contribution is 5.80. The number of carbonyl (C=O) groups excluding carboxylic acids is 1. The summed E-state index contributed by atoms with van der Waals surface area (Å²) in [5.74, 6) is 1.45. The molecule has 0 bridgehead atoms. The van der Waals surface area contributed by atoms with Crippen LogP contribution in [-0.2, 0) is 17.8 Å². The van der Waals surface area contributed by atoms with Crippen LogP contribution in [0.2, 0.25) is 0 Å². The SMILES string of the molecule is O=C(NC1CC1)C1CCN(c2nc3ccccc3n2CCc2ccccc2)CC1. The molecule has 2 aromatic carbocycles. The van der Waals surface area contributed by atoms with Gasteiger partial charge in [-0.15, -0.1) is 0 Å². The molecule has 0 radical (unpaired) electrons. The summed E-state index contributed by atoms with van der Waals surface area (Å²) < 4.78 is 2.35. The molecule has 2 fully saturated rings. The lowest BCUT2D eigenvalue weighted by atomic mass is 9.96. The first kappa shape index (κ1) is 18.2. The molecule has 5 nitrogen and oxygen atoms in total. The van der Waals surface area contributed by atoms with E-state index in [9.17, 15) is 4.79 Å². The predicted molar refractivity (Wildman–Crippen MR) is 116 cm³/mol. The van der Waals surface area contributed by atoms with Gasteiger partial charge in [0.2, 0.25) is 11.9 Å². The molecule has 2 heterocycles. The fraction of sp³-hybridized carbons (Fsp3) is 0.417. The zero-order chi connectivity index (χ0) is 19.6. The lowest BCUT2D eigenvalue weighted by molar-refractivity contribution is -0.125. The molecule has 1 N–H and O–H groups in total. The molecule has 2 aliphatic rings. The van der Waals surface area contributed by atoms with Crippen molar-refractivity contribution in [3.05, 3.63) is 60.2 Å². The van der Waals surface area contributed by atoms with Crippen molar-refractivity contribution >= 4 is 22.9 Å². The van der Waals surface area contributed by atoms with Gasteiger partial charge in [-0.2, -0.15) is 0 Å². The minimum Gasteiger partial charge on any atom is -0.353 e. The quantitative estimate of drug-likeness (QED) is 0.699. The number of imidazole rings is 1. The van der Waals surface area contributed by atoms with Crippen molar-refractivity contribution < 1.29 is 4.79 Å². The van der Waals surface area contributed by atoms with Gasteiger partial charge in [-0.1, -0.05) is 42.5 Å². The minimum absolute atomic E-state index is 0.147. The number of hydrogen-bond donors (Lipinski definition) is 1. The fourth-order valence-electron chi connectivity index (χ4n) is 4.30. The van der Waals surface area contributed by atoms with Crippen LogP contribution in [0.5, 0.6) is 0 Å². The first-order valence-electron chi connectivity index (χ1n) is 10.8. The maximum absolute atomic E-state index is 12.4. The molecule has 1 saturated heterocycles. The summed E-state index contributed by atoms with van der Waals surface area (Å²) in [7, 11) is 0. The first-order chi connectivity index (χ1) is 14.3. The van der Waals surface area contributed by atoms with Gasteiger partial charge < -0.3 is 14.8 Å². The molecule has 0 unspecified atom stereocenters. The number of piperidine rings is 1. The molecule has 3 aromatic rings. The highest BCUT2D eigenvalue weighted by Crippen LogP contribution is 2.28. The van der Waals surface area contributed by atoms with Gasteiger partial charge in [-0.25, -0.2) is 4.98 Å². The molecule has 5 heteroatoms. The van der Waals surface area contributed by atoms with Gasteiger partial charge in [0.25, 0.3) is 0 Å². The van der Waals surface area contributed by atoms with E-state index in [1.165, 1.54) is 11.1 Å². The van der Waals surface area contributed by atoms with Crippen LogP contribution in [0.3, 0.4) is 0 Å². The molecular formula is C24H28N4O. The van der Waals surface area contributed by atoms with E-state index < -0.39 is 0 Å². The summed E-state index contributed by atoms with van der Waals surface area (Å²) in [6.45, 7) is 2.68. The van der Waals surface area contributed by atoms with Gasteiger partial charge in [0, 0.05) is 31.6 Å². The van der Waals surface area contributed by atoms with E-state index in [1.807, 2.05) is 0 Å². The van der Waals surface area contributed by atoms with Crippen molar-refractivity contribution in [2.45, 2.75) is 44.7 Å². The lowest BCUT2D eigenvalue weighted by Gasteiger charge is -2.32. The second-order valence-electron chi connectivity index (χ2n) is 8.33. The normalized spacial score (nSPS) is 17.6. The number of nitrogens with zero attached hydrogens (tertiary/aromatic N) is 3. The van der Waals surface area contributed by atoms with E-state index >= 15 is 0 Å². The number of nitrogens with one attached hydrogen (secondary N) is 1. The average Bonchev–Trinajstić information content (AvgIpc) is 3.51. The second-order valence-corrected chi connectivity index (χ2v) is 8.33. The average molecular weight is 389 g/mol. The Balaban J connectivity index is 1.33. The molecule has 150 valence electrons. The van der Waals surface area contributed by atoms with E-state index in [0.29, 0.717) is 6.04 Å². The number of rotatable bonds is 6. The maximum Gasteiger partial charge on any atom is 0.223 e. The van der Waals surface area contributed by atoms with E-state index in [0.717, 1.165) is 63.2 Å². The third-order valence-corrected chi connectivity index (χ3v) is 6.17. The van der Waals surface area contributed by atoms with Crippen molar-refractivity contribution in [1.82, 2.24) is 14.9 Å². The first-order valence-corrected chi connectivity index (χ1v) is 10.8. The lowest BCUT2D eigenvalue weighted by Crippen LogP contribution is -2.42. The number of amides is 1. The Hall–Kier alpha value is -2.82. The van der Waals surface area contributed by atoms with Crippen molar-refractivity contribution in [3.8, 4) is 0 Å². The van der Waals surface area contributed by atoms with Crippen molar-refractivity contribution in [1.29, 1.82) is 0 Å². The van der Waals surface area contributed by atoms with Gasteiger partial charge in [-0.3, -0.25) is 4.79 Å². The van der Waals surface area contributed by atoms with Crippen molar-refractivity contribution in [2.24, 2.45) is 5.92 Å².